The van der Waals surface area contributed by atoms with Crippen molar-refractivity contribution in [2.75, 3.05) is 5.32 Å². The van der Waals surface area contributed by atoms with Crippen LogP contribution in [0.15, 0.2) is 79.1 Å². The Balaban J connectivity index is 1.37. The lowest BCUT2D eigenvalue weighted by molar-refractivity contribution is -0.147. The Morgan fingerprint density at radius 1 is 0.875 bits per heavy atom. The third kappa shape index (κ3) is 3.58. The van der Waals surface area contributed by atoms with E-state index < -0.39 is 24.5 Å². The average Bonchev–Trinajstić information content (AvgIpc) is 3.36. The molecule has 6 nitrogen and oxygen atoms in total. The predicted molar refractivity (Wildman–Crippen MR) is 114 cm³/mol. The number of nitrogens with zero attached hydrogens (tertiary/aromatic N) is 4. The first-order valence-electron chi connectivity index (χ1n) is 9.75. The van der Waals surface area contributed by atoms with Crippen molar-refractivity contribution in [1.82, 2.24) is 19.1 Å². The second-order valence-corrected chi connectivity index (χ2v) is 7.21. The van der Waals surface area contributed by atoms with E-state index in [0.717, 1.165) is 21.3 Å². The number of carbonyl (C=O) groups is 1. The number of amides is 1. The van der Waals surface area contributed by atoms with Gasteiger partial charge in [-0.25, -0.2) is 9.97 Å². The monoisotopic (exact) mass is 435 g/mol. The van der Waals surface area contributed by atoms with Gasteiger partial charge >= 0.3 is 6.18 Å². The lowest BCUT2D eigenvalue weighted by atomic mass is 10.2. The number of alkyl halides is 3. The minimum absolute atomic E-state index is 0.185. The minimum atomic E-state index is -4.67. The Bertz CT molecular complexity index is 1430. The number of rotatable bonds is 4. The van der Waals surface area contributed by atoms with Crippen molar-refractivity contribution in [2.24, 2.45) is 0 Å². The van der Waals surface area contributed by atoms with Crippen molar-refractivity contribution in [3.8, 4) is 5.69 Å². The van der Waals surface area contributed by atoms with E-state index in [1.165, 1.54) is 12.1 Å². The van der Waals surface area contributed by atoms with E-state index in [9.17, 15) is 18.0 Å². The summed E-state index contributed by atoms with van der Waals surface area (Å²) in [6.07, 6.45) is -2.96. The number of halogens is 3. The molecule has 1 amide bonds. The zero-order valence-electron chi connectivity index (χ0n) is 16.5. The molecule has 0 saturated heterocycles. The number of fused-ring (bicyclic) bond motifs is 2. The maximum absolute atomic E-state index is 13.4. The van der Waals surface area contributed by atoms with Crippen LogP contribution in [0.3, 0.4) is 0 Å². The van der Waals surface area contributed by atoms with Crippen molar-refractivity contribution >= 4 is 33.7 Å². The fraction of sp³-hybridized carbons (Fsp3) is 0.0870. The van der Waals surface area contributed by atoms with Gasteiger partial charge in [-0.2, -0.15) is 13.2 Å². The molecule has 2 heterocycles. The molecular weight excluding hydrogens is 419 g/mol. The van der Waals surface area contributed by atoms with Crippen LogP contribution in [-0.4, -0.2) is 25.0 Å². The third-order valence-electron chi connectivity index (χ3n) is 5.09. The second kappa shape index (κ2) is 7.52. The maximum Gasteiger partial charge on any atom is 0.449 e. The smallest absolute Gasteiger partial charge is 0.325 e. The standard InChI is InChI=1S/C23H16F3N5O/c24-23(25,26)22-29-18-6-2-4-8-20(18)30(22)13-21(32)28-15-9-11-16(12-10-15)31-14-27-17-5-1-3-7-19(17)31/h1-12,14H,13H2,(H,28,32). The normalized spacial score (nSPS) is 11.8. The molecule has 0 spiro atoms. The Kier molecular flexibility index (Phi) is 4.66. The number of anilines is 1. The zero-order chi connectivity index (χ0) is 22.3. The Morgan fingerprint density at radius 2 is 1.53 bits per heavy atom. The second-order valence-electron chi connectivity index (χ2n) is 7.21. The van der Waals surface area contributed by atoms with Crippen LogP contribution in [-0.2, 0) is 17.5 Å². The molecular formula is C23H16F3N5O. The highest BCUT2D eigenvalue weighted by Gasteiger charge is 2.38. The average molecular weight is 435 g/mol. The molecule has 0 fully saturated rings. The fourth-order valence-corrected chi connectivity index (χ4v) is 3.67. The summed E-state index contributed by atoms with van der Waals surface area (Å²) in [5.74, 6) is -1.68. The first-order valence-corrected chi connectivity index (χ1v) is 9.75. The highest BCUT2D eigenvalue weighted by Crippen LogP contribution is 2.31. The summed E-state index contributed by atoms with van der Waals surface area (Å²) >= 11 is 0. The van der Waals surface area contributed by atoms with E-state index in [1.54, 1.807) is 42.7 Å². The molecule has 0 radical (unpaired) electrons. The lowest BCUT2D eigenvalue weighted by Crippen LogP contribution is -2.23. The van der Waals surface area contributed by atoms with Gasteiger partial charge in [-0.05, 0) is 48.5 Å². The largest absolute Gasteiger partial charge is 0.449 e. The summed E-state index contributed by atoms with van der Waals surface area (Å²) in [5, 5.41) is 2.65. The number of hydrogen-bond acceptors (Lipinski definition) is 3. The minimum Gasteiger partial charge on any atom is -0.325 e. The molecule has 1 N–H and O–H groups in total. The van der Waals surface area contributed by atoms with Gasteiger partial charge in [-0.1, -0.05) is 24.3 Å². The predicted octanol–water partition coefficient (Wildman–Crippen LogP) is 5.03. The number of imidazole rings is 2. The molecule has 0 aliphatic carbocycles. The molecule has 0 atom stereocenters. The van der Waals surface area contributed by atoms with Crippen LogP contribution in [0.2, 0.25) is 0 Å². The third-order valence-corrected chi connectivity index (χ3v) is 5.09. The SMILES string of the molecule is O=C(Cn1c(C(F)(F)F)nc2ccccc21)Nc1ccc(-n2cnc3ccccc32)cc1. The number of para-hydroxylation sites is 4. The first kappa shape index (κ1) is 19.8. The fourth-order valence-electron chi connectivity index (χ4n) is 3.67. The van der Waals surface area contributed by atoms with Gasteiger partial charge in [0.1, 0.15) is 12.9 Å². The quantitative estimate of drug-likeness (QED) is 0.431. The van der Waals surface area contributed by atoms with Crippen molar-refractivity contribution in [3.05, 3.63) is 84.9 Å². The molecule has 0 aliphatic heterocycles. The van der Waals surface area contributed by atoms with Crippen LogP contribution >= 0.6 is 0 Å². The Hall–Kier alpha value is -4.14. The summed E-state index contributed by atoms with van der Waals surface area (Å²) in [5.41, 5.74) is 3.55. The van der Waals surface area contributed by atoms with Crippen LogP contribution in [0.5, 0.6) is 0 Å². The molecule has 5 rings (SSSR count). The van der Waals surface area contributed by atoms with Crippen molar-refractivity contribution in [3.63, 3.8) is 0 Å². The summed E-state index contributed by atoms with van der Waals surface area (Å²) in [6.45, 7) is -0.511. The van der Waals surface area contributed by atoms with Gasteiger partial charge in [0.2, 0.25) is 11.7 Å². The summed E-state index contributed by atoms with van der Waals surface area (Å²) in [6, 6.07) is 20.9. The van der Waals surface area contributed by atoms with Crippen molar-refractivity contribution in [1.29, 1.82) is 0 Å². The van der Waals surface area contributed by atoms with Gasteiger partial charge < -0.3 is 9.88 Å². The number of nitrogens with one attached hydrogen (secondary N) is 1. The molecule has 9 heteroatoms. The molecule has 32 heavy (non-hydrogen) atoms. The van der Waals surface area contributed by atoms with Crippen LogP contribution in [0.1, 0.15) is 5.82 Å². The van der Waals surface area contributed by atoms with E-state index in [4.69, 9.17) is 0 Å². The van der Waals surface area contributed by atoms with E-state index in [0.29, 0.717) is 5.69 Å². The van der Waals surface area contributed by atoms with Crippen LogP contribution in [0, 0.1) is 0 Å². The number of carbonyl (C=O) groups excluding carboxylic acids is 1. The molecule has 0 unspecified atom stereocenters. The first-order chi connectivity index (χ1) is 15.4. The van der Waals surface area contributed by atoms with Gasteiger partial charge in [-0.3, -0.25) is 9.36 Å². The lowest BCUT2D eigenvalue weighted by Gasteiger charge is -2.12. The zero-order valence-corrected chi connectivity index (χ0v) is 16.5. The van der Waals surface area contributed by atoms with Gasteiger partial charge in [0, 0.05) is 11.4 Å². The molecule has 0 saturated carbocycles. The van der Waals surface area contributed by atoms with E-state index in [1.807, 2.05) is 28.8 Å². The summed E-state index contributed by atoms with van der Waals surface area (Å²) < 4.78 is 43.1. The Morgan fingerprint density at radius 3 is 2.25 bits per heavy atom. The van der Waals surface area contributed by atoms with Gasteiger partial charge in [0.25, 0.3) is 0 Å². The molecule has 2 aromatic heterocycles. The Labute approximate surface area is 179 Å². The molecule has 3 aromatic carbocycles. The maximum atomic E-state index is 13.4. The topological polar surface area (TPSA) is 64.7 Å². The van der Waals surface area contributed by atoms with Crippen molar-refractivity contribution < 1.29 is 18.0 Å². The van der Waals surface area contributed by atoms with Crippen molar-refractivity contribution in [2.45, 2.75) is 12.7 Å². The number of aromatic nitrogens is 4. The van der Waals surface area contributed by atoms with E-state index in [2.05, 4.69) is 15.3 Å². The summed E-state index contributed by atoms with van der Waals surface area (Å²) in [4.78, 5) is 20.6. The highest BCUT2D eigenvalue weighted by atomic mass is 19.4. The van der Waals surface area contributed by atoms with Gasteiger partial charge in [0.05, 0.1) is 22.1 Å². The van der Waals surface area contributed by atoms with Crippen LogP contribution < -0.4 is 5.32 Å². The molecule has 0 aliphatic rings. The van der Waals surface area contributed by atoms with Gasteiger partial charge in [0.15, 0.2) is 0 Å². The van der Waals surface area contributed by atoms with Crippen LogP contribution in [0.4, 0.5) is 18.9 Å². The van der Waals surface area contributed by atoms with E-state index >= 15 is 0 Å². The summed E-state index contributed by atoms with van der Waals surface area (Å²) in [7, 11) is 0. The number of hydrogen-bond donors (Lipinski definition) is 1. The molecule has 5 aromatic rings. The van der Waals surface area contributed by atoms with Crippen LogP contribution in [0.25, 0.3) is 27.8 Å². The highest BCUT2D eigenvalue weighted by molar-refractivity contribution is 5.92. The molecule has 0 bridgehead atoms. The number of benzene rings is 3. The van der Waals surface area contributed by atoms with E-state index in [-0.39, 0.29) is 11.0 Å². The molecule has 160 valence electrons. The van der Waals surface area contributed by atoms with Gasteiger partial charge in [-0.15, -0.1) is 0 Å².